The smallest absolute Gasteiger partial charge is 0.306 e. The molecule has 0 fully saturated rings. The van der Waals surface area contributed by atoms with Crippen LogP contribution in [0.5, 0.6) is 0 Å². The van der Waals surface area contributed by atoms with Crippen LogP contribution in [0.2, 0.25) is 0 Å². The van der Waals surface area contributed by atoms with E-state index < -0.39 is 12.1 Å². The highest BCUT2D eigenvalue weighted by Crippen LogP contribution is 2.24. The predicted molar refractivity (Wildman–Crippen MR) is 62.4 cm³/mol. The summed E-state index contributed by atoms with van der Waals surface area (Å²) in [4.78, 5) is 10.4. The molecule has 3 nitrogen and oxygen atoms in total. The summed E-state index contributed by atoms with van der Waals surface area (Å²) >= 11 is 0. The fourth-order valence-electron chi connectivity index (χ4n) is 1.49. The van der Waals surface area contributed by atoms with E-state index in [0.717, 1.165) is 0 Å². The van der Waals surface area contributed by atoms with Gasteiger partial charge in [-0.3, -0.25) is 4.79 Å². The Morgan fingerprint density at radius 1 is 1.25 bits per heavy atom. The van der Waals surface area contributed by atoms with Crippen molar-refractivity contribution in [3.05, 3.63) is 35.4 Å². The highest BCUT2D eigenvalue weighted by molar-refractivity contribution is 5.67. The van der Waals surface area contributed by atoms with Crippen molar-refractivity contribution in [1.29, 1.82) is 0 Å². The number of carboxylic acids is 1. The van der Waals surface area contributed by atoms with Gasteiger partial charge >= 0.3 is 5.97 Å². The fraction of sp³-hybridized carbons (Fsp3) is 0.462. The summed E-state index contributed by atoms with van der Waals surface area (Å²) in [6, 6.07) is 7.43. The van der Waals surface area contributed by atoms with Gasteiger partial charge < -0.3 is 10.2 Å². The van der Waals surface area contributed by atoms with Crippen LogP contribution in [0, 0.1) is 0 Å². The number of rotatable bonds is 3. The van der Waals surface area contributed by atoms with Gasteiger partial charge in [-0.2, -0.15) is 0 Å². The molecule has 0 amide bonds. The van der Waals surface area contributed by atoms with Gasteiger partial charge in [0.1, 0.15) is 0 Å². The zero-order valence-electron chi connectivity index (χ0n) is 9.90. The quantitative estimate of drug-likeness (QED) is 0.826. The van der Waals surface area contributed by atoms with Crippen molar-refractivity contribution >= 4 is 5.97 Å². The molecule has 0 aliphatic rings. The molecule has 0 heterocycles. The van der Waals surface area contributed by atoms with Crippen LogP contribution in [-0.2, 0) is 10.2 Å². The number of hydrogen-bond acceptors (Lipinski definition) is 2. The summed E-state index contributed by atoms with van der Waals surface area (Å²) in [6.45, 7) is 6.32. The standard InChI is InChI=1S/C13H18O3/c1-13(2,3)10-6-4-9(5-7-10)11(14)8-12(15)16/h4-7,11,14H,8H2,1-3H3,(H,15,16)/t11-/m1/s1. The Kier molecular flexibility index (Phi) is 3.70. The van der Waals surface area contributed by atoms with Crippen LogP contribution in [0.1, 0.15) is 44.4 Å². The van der Waals surface area contributed by atoms with Crippen LogP contribution in [0.25, 0.3) is 0 Å². The van der Waals surface area contributed by atoms with Gasteiger partial charge in [-0.1, -0.05) is 45.0 Å². The molecular weight excluding hydrogens is 204 g/mol. The van der Waals surface area contributed by atoms with Gasteiger partial charge in [0, 0.05) is 0 Å². The molecule has 1 atom stereocenters. The first-order valence-electron chi connectivity index (χ1n) is 5.31. The maximum Gasteiger partial charge on any atom is 0.306 e. The van der Waals surface area contributed by atoms with Crippen molar-refractivity contribution in [3.8, 4) is 0 Å². The van der Waals surface area contributed by atoms with E-state index in [4.69, 9.17) is 5.11 Å². The molecule has 0 saturated carbocycles. The molecule has 1 aromatic rings. The maximum absolute atomic E-state index is 10.4. The van der Waals surface area contributed by atoms with Crippen LogP contribution in [-0.4, -0.2) is 16.2 Å². The molecular formula is C13H18O3. The number of carboxylic acid groups (broad SMARTS) is 1. The summed E-state index contributed by atoms with van der Waals surface area (Å²) in [5.41, 5.74) is 1.88. The van der Waals surface area contributed by atoms with Crippen LogP contribution in [0.4, 0.5) is 0 Å². The highest BCUT2D eigenvalue weighted by atomic mass is 16.4. The highest BCUT2D eigenvalue weighted by Gasteiger charge is 2.15. The van der Waals surface area contributed by atoms with E-state index in [9.17, 15) is 9.90 Å². The number of carbonyl (C=O) groups is 1. The van der Waals surface area contributed by atoms with Gasteiger partial charge in [0.05, 0.1) is 12.5 Å². The number of hydrogen-bond donors (Lipinski definition) is 2. The third-order valence-corrected chi connectivity index (χ3v) is 2.53. The maximum atomic E-state index is 10.4. The molecule has 0 aliphatic carbocycles. The van der Waals surface area contributed by atoms with Gasteiger partial charge in [0.25, 0.3) is 0 Å². The number of aliphatic carboxylic acids is 1. The lowest BCUT2D eigenvalue weighted by Crippen LogP contribution is -2.11. The third kappa shape index (κ3) is 3.35. The minimum Gasteiger partial charge on any atom is -0.481 e. The Morgan fingerprint density at radius 3 is 2.12 bits per heavy atom. The SMILES string of the molecule is CC(C)(C)c1ccc([C@H](O)CC(=O)O)cc1. The first-order valence-corrected chi connectivity index (χ1v) is 5.31. The molecule has 0 radical (unpaired) electrons. The minimum absolute atomic E-state index is 0.0658. The van der Waals surface area contributed by atoms with E-state index in [1.807, 2.05) is 12.1 Å². The molecule has 0 aromatic heterocycles. The van der Waals surface area contributed by atoms with Crippen molar-refractivity contribution in [2.45, 2.75) is 38.7 Å². The second-order valence-electron chi connectivity index (χ2n) is 4.99. The number of aliphatic hydroxyl groups excluding tert-OH is 1. The summed E-state index contributed by atoms with van der Waals surface area (Å²) in [5.74, 6) is -0.993. The molecule has 2 N–H and O–H groups in total. The van der Waals surface area contributed by atoms with E-state index in [-0.39, 0.29) is 11.8 Å². The lowest BCUT2D eigenvalue weighted by Gasteiger charge is -2.19. The Morgan fingerprint density at radius 2 is 1.75 bits per heavy atom. The van der Waals surface area contributed by atoms with E-state index in [1.165, 1.54) is 5.56 Å². The number of aliphatic hydroxyl groups is 1. The van der Waals surface area contributed by atoms with Crippen LogP contribution >= 0.6 is 0 Å². The second-order valence-corrected chi connectivity index (χ2v) is 4.99. The molecule has 0 spiro atoms. The zero-order chi connectivity index (χ0) is 12.3. The average Bonchev–Trinajstić information content (AvgIpc) is 2.15. The minimum atomic E-state index is -0.993. The third-order valence-electron chi connectivity index (χ3n) is 2.53. The monoisotopic (exact) mass is 222 g/mol. The van der Waals surface area contributed by atoms with E-state index in [2.05, 4.69) is 20.8 Å². The van der Waals surface area contributed by atoms with Crippen molar-refractivity contribution in [2.24, 2.45) is 0 Å². The molecule has 88 valence electrons. The molecule has 1 rings (SSSR count). The van der Waals surface area contributed by atoms with Gasteiger partial charge in [-0.05, 0) is 16.5 Å². The topological polar surface area (TPSA) is 57.5 Å². The lowest BCUT2D eigenvalue weighted by atomic mass is 9.86. The lowest BCUT2D eigenvalue weighted by molar-refractivity contribution is -0.139. The normalized spacial score (nSPS) is 13.5. The van der Waals surface area contributed by atoms with E-state index >= 15 is 0 Å². The number of benzene rings is 1. The van der Waals surface area contributed by atoms with Crippen LogP contribution in [0.15, 0.2) is 24.3 Å². The van der Waals surface area contributed by atoms with Gasteiger partial charge in [0.2, 0.25) is 0 Å². The first kappa shape index (κ1) is 12.7. The summed E-state index contributed by atoms with van der Waals surface area (Å²) in [7, 11) is 0. The van der Waals surface area contributed by atoms with Crippen molar-refractivity contribution in [3.63, 3.8) is 0 Å². The summed E-state index contributed by atoms with van der Waals surface area (Å²) in [5, 5.41) is 18.2. The Hall–Kier alpha value is -1.35. The van der Waals surface area contributed by atoms with Crippen molar-refractivity contribution < 1.29 is 15.0 Å². The van der Waals surface area contributed by atoms with Gasteiger partial charge in [-0.15, -0.1) is 0 Å². The molecule has 3 heteroatoms. The molecule has 0 unspecified atom stereocenters. The molecule has 16 heavy (non-hydrogen) atoms. The fourth-order valence-corrected chi connectivity index (χ4v) is 1.49. The molecule has 0 saturated heterocycles. The predicted octanol–water partition coefficient (Wildman–Crippen LogP) is 2.49. The Labute approximate surface area is 95.7 Å². The second kappa shape index (κ2) is 4.66. The van der Waals surface area contributed by atoms with E-state index in [0.29, 0.717) is 5.56 Å². The van der Waals surface area contributed by atoms with Gasteiger partial charge in [-0.25, -0.2) is 0 Å². The zero-order valence-corrected chi connectivity index (χ0v) is 9.90. The van der Waals surface area contributed by atoms with Gasteiger partial charge in [0.15, 0.2) is 0 Å². The van der Waals surface area contributed by atoms with E-state index in [1.54, 1.807) is 12.1 Å². The Bertz CT molecular complexity index is 360. The molecule has 0 bridgehead atoms. The average molecular weight is 222 g/mol. The molecule has 1 aromatic carbocycles. The summed E-state index contributed by atoms with van der Waals surface area (Å²) < 4.78 is 0. The molecule has 0 aliphatic heterocycles. The van der Waals surface area contributed by atoms with Crippen LogP contribution in [0.3, 0.4) is 0 Å². The first-order chi connectivity index (χ1) is 7.30. The van der Waals surface area contributed by atoms with Crippen LogP contribution < -0.4 is 0 Å². The largest absolute Gasteiger partial charge is 0.481 e. The summed E-state index contributed by atoms with van der Waals surface area (Å²) in [6.07, 6.45) is -1.18. The van der Waals surface area contributed by atoms with Crippen molar-refractivity contribution in [2.75, 3.05) is 0 Å². The van der Waals surface area contributed by atoms with Crippen molar-refractivity contribution in [1.82, 2.24) is 0 Å². The Balaban J connectivity index is 2.83.